The fraction of sp³-hybridized carbons (Fsp3) is 0.474. The van der Waals surface area contributed by atoms with Crippen LogP contribution in [0.25, 0.3) is 0 Å². The monoisotopic (exact) mass is 408 g/mol. The van der Waals surface area contributed by atoms with Crippen molar-refractivity contribution in [1.82, 2.24) is 15.1 Å². The molecule has 0 fully saturated rings. The van der Waals surface area contributed by atoms with Gasteiger partial charge in [0.05, 0.1) is 23.7 Å². The number of hydrogen-bond donors (Lipinski definition) is 1. The topological polar surface area (TPSA) is 93.5 Å². The molecule has 9 heteroatoms. The van der Waals surface area contributed by atoms with E-state index in [0.29, 0.717) is 30.2 Å². The van der Waals surface area contributed by atoms with E-state index in [9.17, 15) is 13.2 Å². The van der Waals surface area contributed by atoms with Crippen LogP contribution < -0.4 is 9.62 Å². The highest BCUT2D eigenvalue weighted by Gasteiger charge is 2.32. The molecule has 2 aromatic rings. The van der Waals surface area contributed by atoms with Crippen molar-refractivity contribution in [3.63, 3.8) is 0 Å². The van der Waals surface area contributed by atoms with Crippen LogP contribution in [0.3, 0.4) is 0 Å². The molecule has 0 radical (unpaired) electrons. The molecule has 28 heavy (non-hydrogen) atoms. The molecule has 0 aliphatic heterocycles. The van der Waals surface area contributed by atoms with E-state index >= 15 is 0 Å². The zero-order valence-electron chi connectivity index (χ0n) is 17.2. The smallest absolute Gasteiger partial charge is 0.268 e. The van der Waals surface area contributed by atoms with Crippen LogP contribution in [0.4, 0.5) is 5.69 Å². The summed E-state index contributed by atoms with van der Waals surface area (Å²) in [5, 5.41) is 6.90. The van der Waals surface area contributed by atoms with Crippen molar-refractivity contribution in [2.24, 2.45) is 7.05 Å². The van der Waals surface area contributed by atoms with Crippen LogP contribution in [0.5, 0.6) is 0 Å². The van der Waals surface area contributed by atoms with Crippen LogP contribution in [0, 0.1) is 27.7 Å². The molecule has 154 valence electrons. The van der Waals surface area contributed by atoms with Crippen molar-refractivity contribution >= 4 is 21.6 Å². The normalized spacial score (nSPS) is 11.5. The maximum Gasteiger partial charge on any atom is 0.268 e. The molecule has 0 aliphatic rings. The Labute approximate surface area is 166 Å². The molecular weight excluding hydrogens is 380 g/mol. The Bertz CT molecular complexity index is 946. The van der Waals surface area contributed by atoms with E-state index < -0.39 is 15.9 Å². The number of hydrogen-bond acceptors (Lipinski definition) is 5. The maximum atomic E-state index is 13.5. The molecule has 0 atom stereocenters. The van der Waals surface area contributed by atoms with Crippen LogP contribution in [0.2, 0.25) is 0 Å². The van der Waals surface area contributed by atoms with Crippen molar-refractivity contribution in [3.8, 4) is 0 Å². The van der Waals surface area contributed by atoms with Gasteiger partial charge in [-0.05, 0) is 51.0 Å². The van der Waals surface area contributed by atoms with Crippen LogP contribution >= 0.6 is 0 Å². The number of aryl methyl sites for hydroxylation is 4. The molecule has 8 nitrogen and oxygen atoms in total. The summed E-state index contributed by atoms with van der Waals surface area (Å²) in [4.78, 5) is 12.6. The Morgan fingerprint density at radius 2 is 1.79 bits per heavy atom. The quantitative estimate of drug-likeness (QED) is 0.670. The predicted molar refractivity (Wildman–Crippen MR) is 108 cm³/mol. The van der Waals surface area contributed by atoms with Gasteiger partial charge in [-0.1, -0.05) is 6.07 Å². The second-order valence-corrected chi connectivity index (χ2v) is 8.62. The van der Waals surface area contributed by atoms with E-state index in [4.69, 9.17) is 4.74 Å². The fourth-order valence-corrected chi connectivity index (χ4v) is 4.94. The van der Waals surface area contributed by atoms with Gasteiger partial charge in [0.1, 0.15) is 11.4 Å². The average Bonchev–Trinajstić information content (AvgIpc) is 2.84. The number of carbonyl (C=O) groups excluding carboxylic acids is 1. The summed E-state index contributed by atoms with van der Waals surface area (Å²) < 4.78 is 34.7. The van der Waals surface area contributed by atoms with Gasteiger partial charge in [-0.25, -0.2) is 8.42 Å². The van der Waals surface area contributed by atoms with Crippen molar-refractivity contribution in [3.05, 3.63) is 40.7 Å². The number of benzene rings is 1. The first-order valence-corrected chi connectivity index (χ1v) is 10.4. The zero-order valence-corrected chi connectivity index (χ0v) is 18.1. The van der Waals surface area contributed by atoms with Crippen LogP contribution in [-0.4, -0.2) is 50.9 Å². The molecule has 2 rings (SSSR count). The molecule has 0 aliphatic carbocycles. The van der Waals surface area contributed by atoms with Crippen LogP contribution in [-0.2, 0) is 26.6 Å². The molecule has 1 N–H and O–H groups in total. The molecule has 0 unspecified atom stereocenters. The minimum absolute atomic E-state index is 0.124. The molecular formula is C19H28N4O4S. The van der Waals surface area contributed by atoms with E-state index in [-0.39, 0.29) is 11.4 Å². The van der Waals surface area contributed by atoms with Gasteiger partial charge in [0.15, 0.2) is 0 Å². The Hall–Kier alpha value is -2.39. The number of sulfonamides is 1. The number of nitrogens with one attached hydrogen (secondary N) is 1. The summed E-state index contributed by atoms with van der Waals surface area (Å²) in [6.07, 6.45) is 0. The van der Waals surface area contributed by atoms with Crippen molar-refractivity contribution < 1.29 is 17.9 Å². The van der Waals surface area contributed by atoms with Gasteiger partial charge < -0.3 is 10.1 Å². The number of anilines is 1. The van der Waals surface area contributed by atoms with Gasteiger partial charge in [-0.2, -0.15) is 5.10 Å². The van der Waals surface area contributed by atoms with Gasteiger partial charge in [0.25, 0.3) is 10.0 Å². The molecule has 1 aromatic heterocycles. The number of aromatic nitrogens is 2. The number of amides is 1. The Kier molecular flexibility index (Phi) is 6.84. The highest BCUT2D eigenvalue weighted by molar-refractivity contribution is 7.93. The number of carbonyl (C=O) groups is 1. The summed E-state index contributed by atoms with van der Waals surface area (Å²) in [6, 6.07) is 5.47. The second-order valence-electron chi connectivity index (χ2n) is 6.82. The minimum Gasteiger partial charge on any atom is -0.383 e. The molecule has 0 bridgehead atoms. The van der Waals surface area contributed by atoms with Gasteiger partial charge in [0, 0.05) is 20.7 Å². The first kappa shape index (κ1) is 21.9. The average molecular weight is 409 g/mol. The van der Waals surface area contributed by atoms with Crippen LogP contribution in [0.1, 0.15) is 22.5 Å². The highest BCUT2D eigenvalue weighted by Crippen LogP contribution is 2.29. The van der Waals surface area contributed by atoms with Gasteiger partial charge >= 0.3 is 0 Å². The highest BCUT2D eigenvalue weighted by atomic mass is 32.2. The summed E-state index contributed by atoms with van der Waals surface area (Å²) in [7, 11) is -0.767. The van der Waals surface area contributed by atoms with E-state index in [1.54, 1.807) is 33.0 Å². The van der Waals surface area contributed by atoms with E-state index in [2.05, 4.69) is 10.4 Å². The minimum atomic E-state index is -4.00. The first-order chi connectivity index (χ1) is 13.1. The zero-order chi connectivity index (χ0) is 21.1. The number of nitrogens with zero attached hydrogens (tertiary/aromatic N) is 3. The third-order valence-electron chi connectivity index (χ3n) is 4.40. The van der Waals surface area contributed by atoms with Crippen molar-refractivity contribution in [1.29, 1.82) is 0 Å². The van der Waals surface area contributed by atoms with Crippen molar-refractivity contribution in [2.75, 3.05) is 31.1 Å². The molecule has 1 heterocycles. The van der Waals surface area contributed by atoms with Gasteiger partial charge in [0.2, 0.25) is 5.91 Å². The maximum absolute atomic E-state index is 13.5. The van der Waals surface area contributed by atoms with E-state index in [0.717, 1.165) is 15.4 Å². The number of methoxy groups -OCH3 is 1. The fourth-order valence-electron chi connectivity index (χ4n) is 3.13. The first-order valence-electron chi connectivity index (χ1n) is 8.94. The number of ether oxygens (including phenoxy) is 1. The lowest BCUT2D eigenvalue weighted by atomic mass is 10.1. The summed E-state index contributed by atoms with van der Waals surface area (Å²) in [5.74, 6) is -0.404. The Morgan fingerprint density at radius 3 is 2.29 bits per heavy atom. The SMILES string of the molecule is COCCNC(=O)CN(c1cc(C)cc(C)c1)S(=O)(=O)c1c(C)nn(C)c1C. The molecule has 0 saturated carbocycles. The lowest BCUT2D eigenvalue weighted by molar-refractivity contribution is -0.119. The Morgan fingerprint density at radius 1 is 1.18 bits per heavy atom. The molecule has 0 spiro atoms. The van der Waals surface area contributed by atoms with Crippen molar-refractivity contribution in [2.45, 2.75) is 32.6 Å². The van der Waals surface area contributed by atoms with E-state index in [1.165, 1.54) is 11.8 Å². The molecule has 0 saturated heterocycles. The summed E-state index contributed by atoms with van der Waals surface area (Å²) in [6.45, 7) is 7.46. The Balaban J connectivity index is 2.52. The third-order valence-corrected chi connectivity index (χ3v) is 6.43. The lowest BCUT2D eigenvalue weighted by Crippen LogP contribution is -2.42. The van der Waals surface area contributed by atoms with Gasteiger partial charge in [-0.3, -0.25) is 13.8 Å². The number of rotatable bonds is 8. The largest absolute Gasteiger partial charge is 0.383 e. The standard InChI is InChI=1S/C19H28N4O4S/c1-13-9-14(2)11-17(10-13)23(12-18(24)20-7-8-27-6)28(25,26)19-15(3)21-22(5)16(19)4/h9-11H,7-8,12H2,1-6H3,(H,20,24). The van der Waals surface area contributed by atoms with Gasteiger partial charge in [-0.15, -0.1) is 0 Å². The lowest BCUT2D eigenvalue weighted by Gasteiger charge is -2.25. The summed E-state index contributed by atoms with van der Waals surface area (Å²) in [5.41, 5.74) is 3.19. The van der Waals surface area contributed by atoms with E-state index in [1.807, 2.05) is 19.9 Å². The predicted octanol–water partition coefficient (Wildman–Crippen LogP) is 1.61. The second kappa shape index (κ2) is 8.74. The molecule has 1 aromatic carbocycles. The third kappa shape index (κ3) is 4.71. The molecule has 1 amide bonds. The summed E-state index contributed by atoms with van der Waals surface area (Å²) >= 11 is 0. The van der Waals surface area contributed by atoms with Crippen LogP contribution in [0.15, 0.2) is 23.1 Å².